The number of nitrogen functional groups attached to an aromatic ring is 1. The quantitative estimate of drug-likeness (QED) is 0.824. The van der Waals surface area contributed by atoms with Crippen molar-refractivity contribution in [2.24, 2.45) is 5.92 Å². The van der Waals surface area contributed by atoms with Crippen LogP contribution in [0.4, 0.5) is 11.4 Å². The van der Waals surface area contributed by atoms with Crippen molar-refractivity contribution in [2.75, 3.05) is 30.7 Å². The predicted molar refractivity (Wildman–Crippen MR) is 79.2 cm³/mol. The lowest BCUT2D eigenvalue weighted by Crippen LogP contribution is -2.29. The zero-order chi connectivity index (χ0) is 13.1. The second-order valence-electron chi connectivity index (χ2n) is 5.36. The lowest BCUT2D eigenvalue weighted by Gasteiger charge is -2.20. The summed E-state index contributed by atoms with van der Waals surface area (Å²) in [7, 11) is 0. The Labute approximate surface area is 114 Å². The highest BCUT2D eigenvalue weighted by atomic mass is 35.5. The van der Waals surface area contributed by atoms with Gasteiger partial charge in [0.05, 0.1) is 11.4 Å². The van der Waals surface area contributed by atoms with Crippen molar-refractivity contribution in [3.63, 3.8) is 0 Å². The molecular formula is C14H22ClN3. The Morgan fingerprint density at radius 2 is 2.28 bits per heavy atom. The molecule has 0 spiro atoms. The van der Waals surface area contributed by atoms with Crippen LogP contribution in [0.15, 0.2) is 18.2 Å². The number of nitrogens with zero attached hydrogens (tertiary/aromatic N) is 1. The Morgan fingerprint density at radius 1 is 1.50 bits per heavy atom. The van der Waals surface area contributed by atoms with Crippen LogP contribution in [0.2, 0.25) is 5.02 Å². The minimum atomic E-state index is 0.649. The topological polar surface area (TPSA) is 41.3 Å². The first-order chi connectivity index (χ1) is 8.56. The molecule has 1 fully saturated rings. The molecular weight excluding hydrogens is 246 g/mol. The van der Waals surface area contributed by atoms with Crippen LogP contribution >= 0.6 is 11.6 Å². The van der Waals surface area contributed by atoms with Gasteiger partial charge in [0.15, 0.2) is 0 Å². The van der Waals surface area contributed by atoms with E-state index in [0.29, 0.717) is 17.0 Å². The van der Waals surface area contributed by atoms with Crippen molar-refractivity contribution in [1.29, 1.82) is 0 Å². The van der Waals surface area contributed by atoms with Crippen LogP contribution in [0.3, 0.4) is 0 Å². The molecule has 0 aromatic heterocycles. The lowest BCUT2D eigenvalue weighted by molar-refractivity contribution is 0.266. The van der Waals surface area contributed by atoms with E-state index in [1.165, 1.54) is 19.5 Å². The molecule has 1 aromatic rings. The van der Waals surface area contributed by atoms with E-state index in [1.54, 1.807) is 6.07 Å². The van der Waals surface area contributed by atoms with Crippen molar-refractivity contribution >= 4 is 23.0 Å². The van der Waals surface area contributed by atoms with E-state index in [0.717, 1.165) is 17.9 Å². The van der Waals surface area contributed by atoms with Crippen molar-refractivity contribution in [2.45, 2.75) is 26.3 Å². The zero-order valence-electron chi connectivity index (χ0n) is 11.1. The Kier molecular flexibility index (Phi) is 4.36. The third-order valence-electron chi connectivity index (χ3n) is 3.64. The third-order valence-corrected chi connectivity index (χ3v) is 3.88. The normalized spacial score (nSPS) is 20.6. The molecule has 0 amide bonds. The van der Waals surface area contributed by atoms with Gasteiger partial charge in [0.2, 0.25) is 0 Å². The van der Waals surface area contributed by atoms with Gasteiger partial charge in [0, 0.05) is 24.2 Å². The van der Waals surface area contributed by atoms with Gasteiger partial charge in [-0.2, -0.15) is 0 Å². The van der Waals surface area contributed by atoms with E-state index in [2.05, 4.69) is 24.1 Å². The number of halogens is 1. The molecule has 0 bridgehead atoms. The van der Waals surface area contributed by atoms with Crippen LogP contribution in [-0.4, -0.2) is 30.6 Å². The molecule has 0 aliphatic carbocycles. The van der Waals surface area contributed by atoms with Crippen LogP contribution in [0.25, 0.3) is 0 Å². The SMILES string of the molecule is CC(C)N1CCC(CNc2ccc(Cl)cc2N)C1. The average molecular weight is 268 g/mol. The van der Waals surface area contributed by atoms with Crippen LogP contribution < -0.4 is 11.1 Å². The summed E-state index contributed by atoms with van der Waals surface area (Å²) in [6.07, 6.45) is 1.26. The minimum Gasteiger partial charge on any atom is -0.397 e. The van der Waals surface area contributed by atoms with E-state index >= 15 is 0 Å². The smallest absolute Gasteiger partial charge is 0.0575 e. The van der Waals surface area contributed by atoms with Gasteiger partial charge in [-0.25, -0.2) is 0 Å². The summed E-state index contributed by atoms with van der Waals surface area (Å²) < 4.78 is 0. The Morgan fingerprint density at radius 3 is 2.89 bits per heavy atom. The Hall–Kier alpha value is -0.930. The lowest BCUT2D eigenvalue weighted by atomic mass is 10.1. The van der Waals surface area contributed by atoms with Gasteiger partial charge < -0.3 is 16.0 Å². The largest absolute Gasteiger partial charge is 0.397 e. The molecule has 0 radical (unpaired) electrons. The van der Waals surface area contributed by atoms with Crippen LogP contribution in [-0.2, 0) is 0 Å². The highest BCUT2D eigenvalue weighted by Crippen LogP contribution is 2.24. The van der Waals surface area contributed by atoms with E-state index in [-0.39, 0.29) is 0 Å². The molecule has 2 rings (SSSR count). The van der Waals surface area contributed by atoms with Gasteiger partial charge >= 0.3 is 0 Å². The number of likely N-dealkylation sites (tertiary alicyclic amines) is 1. The first-order valence-corrected chi connectivity index (χ1v) is 6.97. The van der Waals surface area contributed by atoms with Crippen molar-refractivity contribution in [1.82, 2.24) is 4.90 Å². The highest BCUT2D eigenvalue weighted by molar-refractivity contribution is 6.31. The van der Waals surface area contributed by atoms with E-state index in [4.69, 9.17) is 17.3 Å². The number of rotatable bonds is 4. The van der Waals surface area contributed by atoms with E-state index in [9.17, 15) is 0 Å². The summed E-state index contributed by atoms with van der Waals surface area (Å²) >= 11 is 5.88. The molecule has 3 nitrogen and oxygen atoms in total. The van der Waals surface area contributed by atoms with Crippen LogP contribution in [0.1, 0.15) is 20.3 Å². The Balaban J connectivity index is 1.85. The maximum Gasteiger partial charge on any atom is 0.0575 e. The molecule has 1 aromatic carbocycles. The third kappa shape index (κ3) is 3.30. The molecule has 1 atom stereocenters. The maximum atomic E-state index is 5.92. The number of hydrogen-bond acceptors (Lipinski definition) is 3. The van der Waals surface area contributed by atoms with Crippen LogP contribution in [0, 0.1) is 5.92 Å². The number of anilines is 2. The maximum absolute atomic E-state index is 5.92. The van der Waals surface area contributed by atoms with Crippen LogP contribution in [0.5, 0.6) is 0 Å². The fourth-order valence-corrected chi connectivity index (χ4v) is 2.63. The summed E-state index contributed by atoms with van der Waals surface area (Å²) in [6, 6.07) is 6.26. The summed E-state index contributed by atoms with van der Waals surface area (Å²) in [5.74, 6) is 0.711. The van der Waals surface area contributed by atoms with Crippen molar-refractivity contribution in [3.8, 4) is 0 Å². The fourth-order valence-electron chi connectivity index (χ4n) is 2.45. The molecule has 100 valence electrons. The standard InChI is InChI=1S/C14H22ClN3/c1-10(2)18-6-5-11(9-18)8-17-14-4-3-12(15)7-13(14)16/h3-4,7,10-11,17H,5-6,8-9,16H2,1-2H3. The summed E-state index contributed by atoms with van der Waals surface area (Å²) in [5, 5.41) is 4.12. The first-order valence-electron chi connectivity index (χ1n) is 6.59. The molecule has 1 saturated heterocycles. The summed E-state index contributed by atoms with van der Waals surface area (Å²) in [6.45, 7) is 7.88. The summed E-state index contributed by atoms with van der Waals surface area (Å²) in [5.41, 5.74) is 7.64. The fraction of sp³-hybridized carbons (Fsp3) is 0.571. The van der Waals surface area contributed by atoms with Gasteiger partial charge in [-0.1, -0.05) is 11.6 Å². The molecule has 1 heterocycles. The second-order valence-corrected chi connectivity index (χ2v) is 5.79. The van der Waals surface area contributed by atoms with E-state index < -0.39 is 0 Å². The molecule has 18 heavy (non-hydrogen) atoms. The van der Waals surface area contributed by atoms with Crippen molar-refractivity contribution < 1.29 is 0 Å². The number of hydrogen-bond donors (Lipinski definition) is 2. The predicted octanol–water partition coefficient (Wildman–Crippen LogP) is 3.06. The van der Waals surface area contributed by atoms with Gasteiger partial charge in [0.25, 0.3) is 0 Å². The molecule has 4 heteroatoms. The average Bonchev–Trinajstić information content (AvgIpc) is 2.76. The molecule has 1 aliphatic heterocycles. The number of benzene rings is 1. The first kappa shape index (κ1) is 13.5. The van der Waals surface area contributed by atoms with E-state index in [1.807, 2.05) is 12.1 Å². The number of nitrogens with one attached hydrogen (secondary N) is 1. The molecule has 3 N–H and O–H groups in total. The van der Waals surface area contributed by atoms with Gasteiger partial charge in [-0.3, -0.25) is 0 Å². The summed E-state index contributed by atoms with van der Waals surface area (Å²) in [4.78, 5) is 2.53. The minimum absolute atomic E-state index is 0.649. The zero-order valence-corrected chi connectivity index (χ0v) is 11.9. The van der Waals surface area contributed by atoms with Gasteiger partial charge in [-0.15, -0.1) is 0 Å². The highest BCUT2D eigenvalue weighted by Gasteiger charge is 2.23. The number of nitrogens with two attached hydrogens (primary N) is 1. The Bertz CT molecular complexity index is 406. The molecule has 0 saturated carbocycles. The van der Waals surface area contributed by atoms with Gasteiger partial charge in [-0.05, 0) is 50.9 Å². The van der Waals surface area contributed by atoms with Crippen molar-refractivity contribution in [3.05, 3.63) is 23.2 Å². The van der Waals surface area contributed by atoms with Gasteiger partial charge in [0.1, 0.15) is 0 Å². The monoisotopic (exact) mass is 267 g/mol. The molecule has 1 unspecified atom stereocenters. The second kappa shape index (κ2) is 5.81. The molecule has 1 aliphatic rings.